The van der Waals surface area contributed by atoms with E-state index in [9.17, 15) is 9.59 Å². The average molecular weight is 300 g/mol. The topological polar surface area (TPSA) is 58.2 Å². The SMILES string of the molecule is O=C(NCc1cccs1)c1cccc(NC(=O)C2CC2)c1. The van der Waals surface area contributed by atoms with Crippen molar-refractivity contribution >= 4 is 28.8 Å². The molecule has 5 heteroatoms. The molecule has 1 fully saturated rings. The Morgan fingerprint density at radius 3 is 2.76 bits per heavy atom. The zero-order chi connectivity index (χ0) is 14.7. The van der Waals surface area contributed by atoms with Crippen LogP contribution >= 0.6 is 11.3 Å². The highest BCUT2D eigenvalue weighted by Gasteiger charge is 2.29. The van der Waals surface area contributed by atoms with Crippen LogP contribution in [-0.2, 0) is 11.3 Å². The van der Waals surface area contributed by atoms with Crippen LogP contribution in [0.4, 0.5) is 5.69 Å². The Balaban J connectivity index is 1.61. The second kappa shape index (κ2) is 6.10. The minimum absolute atomic E-state index is 0.0474. The number of carbonyl (C=O) groups is 2. The summed E-state index contributed by atoms with van der Waals surface area (Å²) in [7, 11) is 0. The van der Waals surface area contributed by atoms with Crippen LogP contribution in [0.1, 0.15) is 28.1 Å². The van der Waals surface area contributed by atoms with Crippen LogP contribution in [0, 0.1) is 5.92 Å². The maximum Gasteiger partial charge on any atom is 0.251 e. The maximum atomic E-state index is 12.1. The van der Waals surface area contributed by atoms with E-state index in [1.165, 1.54) is 0 Å². The molecule has 21 heavy (non-hydrogen) atoms. The fourth-order valence-electron chi connectivity index (χ4n) is 2.01. The smallest absolute Gasteiger partial charge is 0.251 e. The van der Waals surface area contributed by atoms with Crippen molar-refractivity contribution in [3.05, 3.63) is 52.2 Å². The number of anilines is 1. The first-order valence-corrected chi connectivity index (χ1v) is 7.82. The second-order valence-electron chi connectivity index (χ2n) is 5.11. The van der Waals surface area contributed by atoms with Gasteiger partial charge in [0.1, 0.15) is 0 Å². The van der Waals surface area contributed by atoms with Gasteiger partial charge in [-0.2, -0.15) is 0 Å². The van der Waals surface area contributed by atoms with Crippen molar-refractivity contribution in [3.63, 3.8) is 0 Å². The van der Waals surface area contributed by atoms with Crippen molar-refractivity contribution in [3.8, 4) is 0 Å². The molecule has 4 nitrogen and oxygen atoms in total. The van der Waals surface area contributed by atoms with E-state index in [-0.39, 0.29) is 17.7 Å². The van der Waals surface area contributed by atoms with E-state index in [2.05, 4.69) is 10.6 Å². The molecule has 2 N–H and O–H groups in total. The van der Waals surface area contributed by atoms with Crippen molar-refractivity contribution in [1.29, 1.82) is 0 Å². The summed E-state index contributed by atoms with van der Waals surface area (Å²) < 4.78 is 0. The zero-order valence-corrected chi connectivity index (χ0v) is 12.3. The van der Waals surface area contributed by atoms with Crippen molar-refractivity contribution in [2.45, 2.75) is 19.4 Å². The van der Waals surface area contributed by atoms with Gasteiger partial charge in [0.2, 0.25) is 5.91 Å². The van der Waals surface area contributed by atoms with Gasteiger partial charge in [0.25, 0.3) is 5.91 Å². The third-order valence-corrected chi connectivity index (χ3v) is 4.22. The molecule has 0 saturated heterocycles. The van der Waals surface area contributed by atoms with Gasteiger partial charge in [0.05, 0.1) is 6.54 Å². The summed E-state index contributed by atoms with van der Waals surface area (Å²) in [5.74, 6) is 0.0679. The lowest BCUT2D eigenvalue weighted by Gasteiger charge is -2.07. The summed E-state index contributed by atoms with van der Waals surface area (Å²) in [5, 5.41) is 7.71. The van der Waals surface area contributed by atoms with Gasteiger partial charge >= 0.3 is 0 Å². The molecule has 0 aliphatic heterocycles. The van der Waals surface area contributed by atoms with Crippen LogP contribution in [0.5, 0.6) is 0 Å². The Labute approximate surface area is 127 Å². The van der Waals surface area contributed by atoms with Crippen LogP contribution in [0.15, 0.2) is 41.8 Å². The van der Waals surface area contributed by atoms with Gasteiger partial charge in [-0.3, -0.25) is 9.59 Å². The normalized spacial score (nSPS) is 13.7. The number of benzene rings is 1. The number of carbonyl (C=O) groups excluding carboxylic acids is 2. The number of amides is 2. The largest absolute Gasteiger partial charge is 0.347 e. The molecular weight excluding hydrogens is 284 g/mol. The highest BCUT2D eigenvalue weighted by molar-refractivity contribution is 7.09. The minimum atomic E-state index is -0.133. The molecule has 1 aromatic heterocycles. The Hall–Kier alpha value is -2.14. The van der Waals surface area contributed by atoms with Crippen molar-refractivity contribution in [2.75, 3.05) is 5.32 Å². The monoisotopic (exact) mass is 300 g/mol. The van der Waals surface area contributed by atoms with Crippen molar-refractivity contribution in [2.24, 2.45) is 5.92 Å². The predicted octanol–water partition coefficient (Wildman–Crippen LogP) is 3.03. The van der Waals surface area contributed by atoms with Gasteiger partial charge in [0, 0.05) is 22.0 Å². The lowest BCUT2D eigenvalue weighted by atomic mass is 10.2. The number of hydrogen-bond donors (Lipinski definition) is 2. The Kier molecular flexibility index (Phi) is 4.01. The molecule has 0 atom stereocenters. The molecule has 2 amide bonds. The van der Waals surface area contributed by atoms with Gasteiger partial charge in [-0.15, -0.1) is 11.3 Å². The molecule has 0 bridgehead atoms. The molecule has 0 spiro atoms. The minimum Gasteiger partial charge on any atom is -0.347 e. The summed E-state index contributed by atoms with van der Waals surface area (Å²) in [6, 6.07) is 11.0. The van der Waals surface area contributed by atoms with Gasteiger partial charge in [0.15, 0.2) is 0 Å². The molecule has 108 valence electrons. The van der Waals surface area contributed by atoms with Gasteiger partial charge in [-0.1, -0.05) is 12.1 Å². The molecule has 1 aliphatic rings. The zero-order valence-electron chi connectivity index (χ0n) is 11.5. The van der Waals surface area contributed by atoms with Gasteiger partial charge < -0.3 is 10.6 Å². The maximum absolute atomic E-state index is 12.1. The van der Waals surface area contributed by atoms with E-state index in [1.807, 2.05) is 17.5 Å². The summed E-state index contributed by atoms with van der Waals surface area (Å²) >= 11 is 1.61. The highest BCUT2D eigenvalue weighted by Crippen LogP contribution is 2.30. The van der Waals surface area contributed by atoms with E-state index in [1.54, 1.807) is 35.6 Å². The number of thiophene rings is 1. The number of hydrogen-bond acceptors (Lipinski definition) is 3. The highest BCUT2D eigenvalue weighted by atomic mass is 32.1. The lowest BCUT2D eigenvalue weighted by Crippen LogP contribution is -2.22. The number of nitrogens with one attached hydrogen (secondary N) is 2. The Bertz CT molecular complexity index is 648. The predicted molar refractivity (Wildman–Crippen MR) is 83.3 cm³/mol. The Morgan fingerprint density at radius 2 is 2.05 bits per heavy atom. The molecule has 0 radical (unpaired) electrons. The first-order valence-electron chi connectivity index (χ1n) is 6.94. The third-order valence-electron chi connectivity index (χ3n) is 3.34. The third kappa shape index (κ3) is 3.70. The van der Waals surface area contributed by atoms with Crippen LogP contribution in [0.3, 0.4) is 0 Å². The van der Waals surface area contributed by atoms with Gasteiger partial charge in [-0.05, 0) is 42.5 Å². The fraction of sp³-hybridized carbons (Fsp3) is 0.250. The van der Waals surface area contributed by atoms with E-state index in [4.69, 9.17) is 0 Å². The molecule has 1 heterocycles. The molecule has 2 aromatic rings. The first kappa shape index (κ1) is 13.8. The van der Waals surface area contributed by atoms with E-state index in [0.717, 1.165) is 17.7 Å². The fourth-order valence-corrected chi connectivity index (χ4v) is 2.66. The van der Waals surface area contributed by atoms with Crippen molar-refractivity contribution in [1.82, 2.24) is 5.32 Å². The quantitative estimate of drug-likeness (QED) is 0.891. The molecular formula is C16H16N2O2S. The summed E-state index contributed by atoms with van der Waals surface area (Å²) in [6.07, 6.45) is 1.93. The summed E-state index contributed by atoms with van der Waals surface area (Å²) in [6.45, 7) is 0.523. The van der Waals surface area contributed by atoms with E-state index >= 15 is 0 Å². The van der Waals surface area contributed by atoms with E-state index in [0.29, 0.717) is 17.8 Å². The summed E-state index contributed by atoms with van der Waals surface area (Å²) in [5.41, 5.74) is 1.23. The number of rotatable bonds is 5. The van der Waals surface area contributed by atoms with Crippen LogP contribution in [0.25, 0.3) is 0 Å². The summed E-state index contributed by atoms with van der Waals surface area (Å²) in [4.78, 5) is 24.9. The standard InChI is InChI=1S/C16H16N2O2S/c19-15(17-10-14-5-2-8-21-14)12-3-1-4-13(9-12)18-16(20)11-6-7-11/h1-5,8-9,11H,6-7,10H2,(H,17,19)(H,18,20). The first-order chi connectivity index (χ1) is 10.2. The van der Waals surface area contributed by atoms with Crippen molar-refractivity contribution < 1.29 is 9.59 Å². The average Bonchev–Trinajstić information content (AvgIpc) is 3.22. The van der Waals surface area contributed by atoms with Crippen LogP contribution in [0.2, 0.25) is 0 Å². The van der Waals surface area contributed by atoms with Gasteiger partial charge in [-0.25, -0.2) is 0 Å². The molecule has 1 saturated carbocycles. The molecule has 0 unspecified atom stereocenters. The molecule has 3 rings (SSSR count). The molecule has 1 aliphatic carbocycles. The van der Waals surface area contributed by atoms with Crippen LogP contribution < -0.4 is 10.6 Å². The lowest BCUT2D eigenvalue weighted by molar-refractivity contribution is -0.117. The second-order valence-corrected chi connectivity index (χ2v) is 6.14. The van der Waals surface area contributed by atoms with E-state index < -0.39 is 0 Å². The Morgan fingerprint density at radius 1 is 1.19 bits per heavy atom. The molecule has 1 aromatic carbocycles. The van der Waals surface area contributed by atoms with Crippen LogP contribution in [-0.4, -0.2) is 11.8 Å².